The lowest BCUT2D eigenvalue weighted by Gasteiger charge is -2.28. The first-order valence-electron chi connectivity index (χ1n) is 5.15. The van der Waals surface area contributed by atoms with Crippen LogP contribution in [-0.4, -0.2) is 24.8 Å². The maximum absolute atomic E-state index is 11.4. The molecule has 0 unspecified atom stereocenters. The molecule has 0 fully saturated rings. The van der Waals surface area contributed by atoms with E-state index in [4.69, 9.17) is 4.74 Å². The molecule has 0 aliphatic carbocycles. The van der Waals surface area contributed by atoms with Crippen LogP contribution in [0, 0.1) is 0 Å². The van der Waals surface area contributed by atoms with Crippen LogP contribution in [0.2, 0.25) is 0 Å². The number of ketones is 1. The van der Waals surface area contributed by atoms with Crippen molar-refractivity contribution in [3.8, 4) is 5.75 Å². The molecule has 0 radical (unpaired) electrons. The van der Waals surface area contributed by atoms with E-state index >= 15 is 0 Å². The molecule has 0 aromatic heterocycles. The Balaban J connectivity index is 2.48. The quantitative estimate of drug-likeness (QED) is 0.674. The molecule has 0 spiro atoms. The maximum Gasteiger partial charge on any atom is 0.224 e. The average Bonchev–Trinajstić information content (AvgIpc) is 2.27. The van der Waals surface area contributed by atoms with E-state index in [1.165, 1.54) is 13.8 Å². The Morgan fingerprint density at radius 1 is 1.31 bits per heavy atom. The number of carbonyl (C=O) groups is 2. The highest BCUT2D eigenvalue weighted by Gasteiger charge is 2.21. The zero-order chi connectivity index (χ0) is 11.7. The van der Waals surface area contributed by atoms with Gasteiger partial charge in [-0.2, -0.15) is 0 Å². The average molecular weight is 219 g/mol. The second-order valence-electron chi connectivity index (χ2n) is 3.76. The Morgan fingerprint density at radius 3 is 2.69 bits per heavy atom. The molecule has 2 rings (SSSR count). The maximum atomic E-state index is 11.4. The van der Waals surface area contributed by atoms with E-state index in [2.05, 4.69) is 0 Å². The third-order valence-electron chi connectivity index (χ3n) is 2.61. The Hall–Kier alpha value is -1.84. The van der Waals surface area contributed by atoms with Crippen molar-refractivity contribution in [2.24, 2.45) is 0 Å². The summed E-state index contributed by atoms with van der Waals surface area (Å²) in [5, 5.41) is 0. The highest BCUT2D eigenvalue weighted by Crippen LogP contribution is 2.32. The topological polar surface area (TPSA) is 46.6 Å². The number of ether oxygens (including phenoxy) is 1. The molecule has 0 saturated heterocycles. The van der Waals surface area contributed by atoms with Crippen LogP contribution in [-0.2, 0) is 4.79 Å². The molecular formula is C12H13NO3. The van der Waals surface area contributed by atoms with Gasteiger partial charge in [-0.15, -0.1) is 0 Å². The lowest BCUT2D eigenvalue weighted by Crippen LogP contribution is -2.36. The number of anilines is 1. The number of Topliss-reactive ketones (excluding diaryl/α,β-unsaturated/α-hetero) is 1. The summed E-state index contributed by atoms with van der Waals surface area (Å²) >= 11 is 0. The molecule has 0 atom stereocenters. The Morgan fingerprint density at radius 2 is 2.06 bits per heavy atom. The fraction of sp³-hybridized carbons (Fsp3) is 0.333. The SMILES string of the molecule is CC(=O)c1ccc2c(c1)N(C(C)=O)CCO2. The van der Waals surface area contributed by atoms with Gasteiger partial charge in [0.05, 0.1) is 12.2 Å². The number of nitrogens with zero attached hydrogens (tertiary/aromatic N) is 1. The number of benzene rings is 1. The first kappa shape index (κ1) is 10.7. The summed E-state index contributed by atoms with van der Waals surface area (Å²) in [5.41, 5.74) is 1.28. The van der Waals surface area contributed by atoms with E-state index in [-0.39, 0.29) is 11.7 Å². The molecule has 1 aromatic carbocycles. The van der Waals surface area contributed by atoms with E-state index in [0.29, 0.717) is 30.2 Å². The predicted octanol–water partition coefficient (Wildman–Crippen LogP) is 1.63. The molecule has 4 heteroatoms. The minimum Gasteiger partial charge on any atom is -0.490 e. The molecule has 1 heterocycles. The van der Waals surface area contributed by atoms with Crippen LogP contribution in [0.4, 0.5) is 5.69 Å². The smallest absolute Gasteiger partial charge is 0.224 e. The molecule has 1 aromatic rings. The van der Waals surface area contributed by atoms with Crippen LogP contribution < -0.4 is 9.64 Å². The van der Waals surface area contributed by atoms with Crippen LogP contribution in [0.3, 0.4) is 0 Å². The first-order valence-corrected chi connectivity index (χ1v) is 5.15. The lowest BCUT2D eigenvalue weighted by molar-refractivity contribution is -0.116. The predicted molar refractivity (Wildman–Crippen MR) is 60.0 cm³/mol. The van der Waals surface area contributed by atoms with Gasteiger partial charge in [-0.3, -0.25) is 9.59 Å². The fourth-order valence-electron chi connectivity index (χ4n) is 1.76. The highest BCUT2D eigenvalue weighted by atomic mass is 16.5. The molecule has 1 aliphatic rings. The summed E-state index contributed by atoms with van der Waals surface area (Å²) in [5.74, 6) is 0.605. The van der Waals surface area contributed by atoms with Gasteiger partial charge in [-0.25, -0.2) is 0 Å². The summed E-state index contributed by atoms with van der Waals surface area (Å²) in [6.07, 6.45) is 0. The van der Waals surface area contributed by atoms with Crippen molar-refractivity contribution < 1.29 is 14.3 Å². The molecule has 0 bridgehead atoms. The molecule has 4 nitrogen and oxygen atoms in total. The van der Waals surface area contributed by atoms with Crippen molar-refractivity contribution in [1.82, 2.24) is 0 Å². The Bertz CT molecular complexity index is 454. The molecule has 0 N–H and O–H groups in total. The number of carbonyl (C=O) groups excluding carboxylic acids is 2. The minimum atomic E-state index is -0.0368. The number of fused-ring (bicyclic) bond motifs is 1. The van der Waals surface area contributed by atoms with Crippen molar-refractivity contribution in [3.63, 3.8) is 0 Å². The summed E-state index contributed by atoms with van der Waals surface area (Å²) in [7, 11) is 0. The second-order valence-corrected chi connectivity index (χ2v) is 3.76. The summed E-state index contributed by atoms with van der Waals surface area (Å²) in [6.45, 7) is 4.04. The van der Waals surface area contributed by atoms with Gasteiger partial charge < -0.3 is 9.64 Å². The van der Waals surface area contributed by atoms with Gasteiger partial charge in [0.15, 0.2) is 5.78 Å². The third-order valence-corrected chi connectivity index (χ3v) is 2.61. The Labute approximate surface area is 93.8 Å². The third kappa shape index (κ3) is 1.78. The van der Waals surface area contributed by atoms with Crippen molar-refractivity contribution in [2.45, 2.75) is 13.8 Å². The van der Waals surface area contributed by atoms with Gasteiger partial charge in [0, 0.05) is 12.5 Å². The van der Waals surface area contributed by atoms with Gasteiger partial charge >= 0.3 is 0 Å². The van der Waals surface area contributed by atoms with Gasteiger partial charge in [-0.1, -0.05) is 0 Å². The normalized spacial score (nSPS) is 14.0. The van der Waals surface area contributed by atoms with Crippen molar-refractivity contribution in [3.05, 3.63) is 23.8 Å². The van der Waals surface area contributed by atoms with Gasteiger partial charge in [0.1, 0.15) is 12.4 Å². The molecule has 1 aliphatic heterocycles. The zero-order valence-corrected chi connectivity index (χ0v) is 9.32. The number of hydrogen-bond acceptors (Lipinski definition) is 3. The van der Waals surface area contributed by atoms with Crippen LogP contribution in [0.1, 0.15) is 24.2 Å². The van der Waals surface area contributed by atoms with Crippen LogP contribution in [0.5, 0.6) is 5.75 Å². The van der Waals surface area contributed by atoms with Crippen molar-refractivity contribution in [1.29, 1.82) is 0 Å². The largest absolute Gasteiger partial charge is 0.490 e. The first-order chi connectivity index (χ1) is 7.59. The minimum absolute atomic E-state index is 0.0168. The van der Waals surface area contributed by atoms with E-state index in [1.54, 1.807) is 23.1 Å². The molecule has 16 heavy (non-hydrogen) atoms. The van der Waals surface area contributed by atoms with E-state index in [0.717, 1.165) is 0 Å². The van der Waals surface area contributed by atoms with E-state index < -0.39 is 0 Å². The van der Waals surface area contributed by atoms with Gasteiger partial charge in [0.2, 0.25) is 5.91 Å². The van der Waals surface area contributed by atoms with E-state index in [1.807, 2.05) is 0 Å². The fourth-order valence-corrected chi connectivity index (χ4v) is 1.76. The van der Waals surface area contributed by atoms with E-state index in [9.17, 15) is 9.59 Å². The standard InChI is InChI=1S/C12H13NO3/c1-8(14)10-3-4-12-11(7-10)13(9(2)15)5-6-16-12/h3-4,7H,5-6H2,1-2H3. The molecule has 84 valence electrons. The molecule has 0 saturated carbocycles. The second kappa shape index (κ2) is 3.96. The van der Waals surface area contributed by atoms with Gasteiger partial charge in [-0.05, 0) is 25.1 Å². The summed E-state index contributed by atoms with van der Waals surface area (Å²) < 4.78 is 5.43. The van der Waals surface area contributed by atoms with Crippen molar-refractivity contribution in [2.75, 3.05) is 18.1 Å². The monoisotopic (exact) mass is 219 g/mol. The zero-order valence-electron chi connectivity index (χ0n) is 9.32. The number of rotatable bonds is 1. The van der Waals surface area contributed by atoms with Gasteiger partial charge in [0.25, 0.3) is 0 Å². The number of hydrogen-bond donors (Lipinski definition) is 0. The summed E-state index contributed by atoms with van der Waals surface area (Å²) in [4.78, 5) is 24.3. The molecule has 1 amide bonds. The summed E-state index contributed by atoms with van der Waals surface area (Å²) in [6, 6.07) is 5.16. The van der Waals surface area contributed by atoms with Crippen LogP contribution >= 0.6 is 0 Å². The highest BCUT2D eigenvalue weighted by molar-refractivity contribution is 5.99. The van der Waals surface area contributed by atoms with Crippen LogP contribution in [0.25, 0.3) is 0 Å². The Kier molecular flexibility index (Phi) is 2.64. The molecular weight excluding hydrogens is 206 g/mol. The van der Waals surface area contributed by atoms with Crippen LogP contribution in [0.15, 0.2) is 18.2 Å². The lowest BCUT2D eigenvalue weighted by atomic mass is 10.1. The number of amides is 1. The van der Waals surface area contributed by atoms with Crippen molar-refractivity contribution >= 4 is 17.4 Å².